The van der Waals surface area contributed by atoms with E-state index in [4.69, 9.17) is 0 Å². The van der Waals surface area contributed by atoms with Gasteiger partial charge in [0.05, 0.1) is 0 Å². The second-order valence-corrected chi connectivity index (χ2v) is 5.29. The molecule has 1 aromatic rings. The smallest absolute Gasteiger partial charge is 0.00814 e. The maximum Gasteiger partial charge on any atom is 0.00814 e. The molecule has 0 heterocycles. The number of hydrogen-bond donors (Lipinski definition) is 0. The van der Waals surface area contributed by atoms with Crippen LogP contribution in [0.5, 0.6) is 0 Å². The summed E-state index contributed by atoms with van der Waals surface area (Å²) in [5, 5.41) is 0. The van der Waals surface area contributed by atoms with E-state index >= 15 is 0 Å². The van der Waals surface area contributed by atoms with E-state index in [0.717, 1.165) is 3.92 Å². The molecule has 1 aromatic carbocycles. The Labute approximate surface area is 88.5 Å². The van der Waals surface area contributed by atoms with E-state index in [1.165, 1.54) is 24.8 Å². The first-order valence-electron chi connectivity index (χ1n) is 4.47. The first kappa shape index (κ1) is 10.0. The summed E-state index contributed by atoms with van der Waals surface area (Å²) in [6, 6.07) is 10.7. The van der Waals surface area contributed by atoms with Crippen molar-refractivity contribution in [3.63, 3.8) is 0 Å². The lowest BCUT2D eigenvalue weighted by Gasteiger charge is -2.02. The lowest BCUT2D eigenvalue weighted by molar-refractivity contribution is 0.744. The Morgan fingerprint density at radius 3 is 2.50 bits per heavy atom. The highest BCUT2D eigenvalue weighted by molar-refractivity contribution is 14.1. The fourth-order valence-electron chi connectivity index (χ4n) is 1.23. The molecule has 1 atom stereocenters. The fraction of sp³-hybridized carbons (Fsp3) is 0.455. The number of alkyl halides is 1. The molecule has 0 nitrogen and oxygen atoms in total. The van der Waals surface area contributed by atoms with E-state index in [1.54, 1.807) is 0 Å². The van der Waals surface area contributed by atoms with Crippen LogP contribution in [0, 0.1) is 0 Å². The molecule has 0 fully saturated rings. The van der Waals surface area contributed by atoms with E-state index in [2.05, 4.69) is 59.8 Å². The monoisotopic (exact) mass is 274 g/mol. The summed E-state index contributed by atoms with van der Waals surface area (Å²) in [6.45, 7) is 2.27. The Morgan fingerprint density at radius 2 is 1.92 bits per heavy atom. The van der Waals surface area contributed by atoms with Crippen LogP contribution in [-0.2, 0) is 6.42 Å². The number of benzene rings is 1. The molecule has 0 aromatic heterocycles. The number of hydrogen-bond acceptors (Lipinski definition) is 0. The fourth-order valence-corrected chi connectivity index (χ4v) is 1.67. The summed E-state index contributed by atoms with van der Waals surface area (Å²) in [6.07, 6.45) is 3.87. The van der Waals surface area contributed by atoms with Crippen molar-refractivity contribution in [3.8, 4) is 0 Å². The Hall–Kier alpha value is -0.0500. The molecule has 0 unspecified atom stereocenters. The van der Waals surface area contributed by atoms with Gasteiger partial charge in [-0.05, 0) is 24.8 Å². The molecule has 0 radical (unpaired) electrons. The van der Waals surface area contributed by atoms with Crippen LogP contribution in [0.2, 0.25) is 0 Å². The predicted molar refractivity (Wildman–Crippen MR) is 62.9 cm³/mol. The summed E-state index contributed by atoms with van der Waals surface area (Å²) in [5.74, 6) is 0. The Kier molecular flexibility index (Phi) is 4.66. The average Bonchev–Trinajstić information content (AvgIpc) is 2.05. The molecule has 0 saturated heterocycles. The van der Waals surface area contributed by atoms with Crippen LogP contribution in [0.25, 0.3) is 0 Å². The van der Waals surface area contributed by atoms with Crippen molar-refractivity contribution in [2.24, 2.45) is 0 Å². The molecule has 0 bridgehead atoms. The highest BCUT2D eigenvalue weighted by atomic mass is 127. The molecule has 1 heteroatoms. The van der Waals surface area contributed by atoms with Gasteiger partial charge in [0.15, 0.2) is 0 Å². The molecule has 1 rings (SSSR count). The van der Waals surface area contributed by atoms with Crippen LogP contribution < -0.4 is 0 Å². The second-order valence-electron chi connectivity index (χ2n) is 3.16. The van der Waals surface area contributed by atoms with Crippen LogP contribution >= 0.6 is 22.6 Å². The van der Waals surface area contributed by atoms with E-state index in [1.807, 2.05) is 0 Å². The number of rotatable bonds is 4. The third-order valence-corrected chi connectivity index (χ3v) is 2.53. The minimum atomic E-state index is 0.811. The molecule has 0 aliphatic heterocycles. The third-order valence-electron chi connectivity index (χ3n) is 1.91. The van der Waals surface area contributed by atoms with Gasteiger partial charge in [-0.2, -0.15) is 0 Å². The Bertz CT molecular complexity index is 204. The molecule has 0 amide bonds. The van der Waals surface area contributed by atoms with Crippen LogP contribution in [0.3, 0.4) is 0 Å². The van der Waals surface area contributed by atoms with E-state index in [0.29, 0.717) is 0 Å². The van der Waals surface area contributed by atoms with Gasteiger partial charge in [-0.25, -0.2) is 0 Å². The first-order valence-corrected chi connectivity index (χ1v) is 5.71. The zero-order valence-corrected chi connectivity index (χ0v) is 9.62. The van der Waals surface area contributed by atoms with Crippen LogP contribution in [0.15, 0.2) is 30.3 Å². The van der Waals surface area contributed by atoms with Crippen LogP contribution in [0.1, 0.15) is 25.3 Å². The molecule has 0 saturated carbocycles. The van der Waals surface area contributed by atoms with Gasteiger partial charge in [0.2, 0.25) is 0 Å². The molecule has 0 N–H and O–H groups in total. The SMILES string of the molecule is C[C@@H](I)CCCc1ccccc1. The van der Waals surface area contributed by atoms with Gasteiger partial charge in [-0.3, -0.25) is 0 Å². The van der Waals surface area contributed by atoms with Crippen molar-refractivity contribution in [3.05, 3.63) is 35.9 Å². The maximum atomic E-state index is 2.49. The second kappa shape index (κ2) is 5.57. The van der Waals surface area contributed by atoms with Crippen LogP contribution in [-0.4, -0.2) is 3.92 Å². The minimum Gasteiger partial charge on any atom is -0.0829 e. The molecular weight excluding hydrogens is 259 g/mol. The van der Waals surface area contributed by atoms with Gasteiger partial charge in [0.1, 0.15) is 0 Å². The number of halogens is 1. The molecule has 12 heavy (non-hydrogen) atoms. The standard InChI is InChI=1S/C11H15I/c1-10(12)6-5-9-11-7-3-2-4-8-11/h2-4,7-8,10H,5-6,9H2,1H3/t10-/m1/s1. The summed E-state index contributed by atoms with van der Waals surface area (Å²) in [4.78, 5) is 0. The zero-order valence-electron chi connectivity index (χ0n) is 7.46. The molecule has 0 aliphatic rings. The summed E-state index contributed by atoms with van der Waals surface area (Å²) in [5.41, 5.74) is 1.47. The molecular formula is C11H15I. The van der Waals surface area contributed by atoms with E-state index < -0.39 is 0 Å². The van der Waals surface area contributed by atoms with Gasteiger partial charge in [0.25, 0.3) is 0 Å². The summed E-state index contributed by atoms with van der Waals surface area (Å²) >= 11 is 2.49. The predicted octanol–water partition coefficient (Wildman–Crippen LogP) is 3.83. The Balaban J connectivity index is 2.25. The van der Waals surface area contributed by atoms with Crippen molar-refractivity contribution < 1.29 is 0 Å². The van der Waals surface area contributed by atoms with Gasteiger partial charge in [-0.1, -0.05) is 59.8 Å². The normalized spacial score (nSPS) is 12.8. The summed E-state index contributed by atoms with van der Waals surface area (Å²) < 4.78 is 0.811. The van der Waals surface area contributed by atoms with E-state index in [9.17, 15) is 0 Å². The van der Waals surface area contributed by atoms with Crippen LogP contribution in [0.4, 0.5) is 0 Å². The highest BCUT2D eigenvalue weighted by Crippen LogP contribution is 2.10. The van der Waals surface area contributed by atoms with Crippen molar-refractivity contribution in [2.45, 2.75) is 30.1 Å². The highest BCUT2D eigenvalue weighted by Gasteiger charge is 1.95. The number of aryl methyl sites for hydroxylation is 1. The van der Waals surface area contributed by atoms with Crippen molar-refractivity contribution in [1.82, 2.24) is 0 Å². The third kappa shape index (κ3) is 4.10. The molecule has 0 spiro atoms. The van der Waals surface area contributed by atoms with Gasteiger partial charge >= 0.3 is 0 Å². The van der Waals surface area contributed by atoms with E-state index in [-0.39, 0.29) is 0 Å². The van der Waals surface area contributed by atoms with Gasteiger partial charge in [0, 0.05) is 3.92 Å². The maximum absolute atomic E-state index is 2.49. The first-order chi connectivity index (χ1) is 5.79. The van der Waals surface area contributed by atoms with Gasteiger partial charge < -0.3 is 0 Å². The lowest BCUT2D eigenvalue weighted by atomic mass is 10.1. The molecule has 66 valence electrons. The topological polar surface area (TPSA) is 0 Å². The minimum absolute atomic E-state index is 0.811. The summed E-state index contributed by atoms with van der Waals surface area (Å²) in [7, 11) is 0. The lowest BCUT2D eigenvalue weighted by Crippen LogP contribution is -1.91. The average molecular weight is 274 g/mol. The Morgan fingerprint density at radius 1 is 1.25 bits per heavy atom. The van der Waals surface area contributed by atoms with Crippen molar-refractivity contribution >= 4 is 22.6 Å². The van der Waals surface area contributed by atoms with Crippen molar-refractivity contribution in [1.29, 1.82) is 0 Å². The van der Waals surface area contributed by atoms with Gasteiger partial charge in [-0.15, -0.1) is 0 Å². The zero-order chi connectivity index (χ0) is 8.81. The van der Waals surface area contributed by atoms with Crippen molar-refractivity contribution in [2.75, 3.05) is 0 Å². The quantitative estimate of drug-likeness (QED) is 0.578. The molecule has 0 aliphatic carbocycles. The largest absolute Gasteiger partial charge is 0.0829 e.